The van der Waals surface area contributed by atoms with Crippen molar-refractivity contribution in [3.63, 3.8) is 0 Å². The maximum absolute atomic E-state index is 11.8. The molecule has 2 heterocycles. The van der Waals surface area contributed by atoms with Gasteiger partial charge in [0.2, 0.25) is 0 Å². The van der Waals surface area contributed by atoms with Crippen molar-refractivity contribution in [3.05, 3.63) is 29.0 Å². The molecule has 2 N–H and O–H groups in total. The molecule has 0 aromatic carbocycles. The van der Waals surface area contributed by atoms with Gasteiger partial charge in [-0.05, 0) is 20.3 Å². The van der Waals surface area contributed by atoms with Crippen LogP contribution >= 0.6 is 0 Å². The Kier molecular flexibility index (Phi) is 4.30. The van der Waals surface area contributed by atoms with Crippen molar-refractivity contribution in [2.24, 2.45) is 7.05 Å². The zero-order valence-corrected chi connectivity index (χ0v) is 12.9. The highest BCUT2D eigenvalue weighted by Crippen LogP contribution is 2.19. The Morgan fingerprint density at radius 1 is 1.43 bits per heavy atom. The van der Waals surface area contributed by atoms with E-state index < -0.39 is 5.97 Å². The summed E-state index contributed by atoms with van der Waals surface area (Å²) in [5, 5.41) is 4.41. The maximum atomic E-state index is 11.8. The number of nitrogens with two attached hydrogens (primary N) is 1. The second-order valence-electron chi connectivity index (χ2n) is 4.83. The Morgan fingerprint density at radius 3 is 2.76 bits per heavy atom. The van der Waals surface area contributed by atoms with E-state index in [9.17, 15) is 4.79 Å². The quantitative estimate of drug-likeness (QED) is 0.839. The number of carbonyl (C=O) groups is 1. The molecule has 114 valence electrons. The summed E-state index contributed by atoms with van der Waals surface area (Å²) >= 11 is 0. The Labute approximate surface area is 123 Å². The van der Waals surface area contributed by atoms with Gasteiger partial charge in [-0.2, -0.15) is 5.10 Å². The lowest BCUT2D eigenvalue weighted by atomic mass is 10.2. The molecule has 21 heavy (non-hydrogen) atoms. The van der Waals surface area contributed by atoms with Crippen LogP contribution in [0.5, 0.6) is 0 Å². The molecule has 0 unspecified atom stereocenters. The first-order valence-electron chi connectivity index (χ1n) is 6.99. The SMILES string of the molecule is CCOC(=O)c1nc(C)n(Cc2cn(C)nc2CC)c1N. The molecular weight excluding hydrogens is 270 g/mol. The summed E-state index contributed by atoms with van der Waals surface area (Å²) in [5.41, 5.74) is 8.32. The number of esters is 1. The van der Waals surface area contributed by atoms with Crippen LogP contribution in [-0.2, 0) is 24.8 Å². The number of aromatic nitrogens is 4. The summed E-state index contributed by atoms with van der Waals surface area (Å²) in [7, 11) is 1.89. The molecule has 0 aliphatic heterocycles. The first-order chi connectivity index (χ1) is 9.97. The van der Waals surface area contributed by atoms with Gasteiger partial charge in [-0.15, -0.1) is 0 Å². The zero-order chi connectivity index (χ0) is 15.6. The predicted molar refractivity (Wildman–Crippen MR) is 79.0 cm³/mol. The number of nitrogens with zero attached hydrogens (tertiary/aromatic N) is 4. The summed E-state index contributed by atoms with van der Waals surface area (Å²) in [6.07, 6.45) is 2.80. The number of nitrogen functional groups attached to an aromatic ring is 1. The van der Waals surface area contributed by atoms with Crippen LogP contribution < -0.4 is 5.73 Å². The number of carbonyl (C=O) groups excluding carboxylic acids is 1. The predicted octanol–water partition coefficient (Wildman–Crippen LogP) is 1.29. The van der Waals surface area contributed by atoms with Gasteiger partial charge in [0.15, 0.2) is 5.69 Å². The third-order valence-corrected chi connectivity index (χ3v) is 3.32. The van der Waals surface area contributed by atoms with Gasteiger partial charge < -0.3 is 15.0 Å². The van der Waals surface area contributed by atoms with Crippen molar-refractivity contribution in [2.75, 3.05) is 12.3 Å². The van der Waals surface area contributed by atoms with E-state index in [4.69, 9.17) is 10.5 Å². The van der Waals surface area contributed by atoms with E-state index in [0.29, 0.717) is 24.8 Å². The van der Waals surface area contributed by atoms with E-state index in [1.54, 1.807) is 11.6 Å². The molecule has 0 amide bonds. The Hall–Kier alpha value is -2.31. The van der Waals surface area contributed by atoms with E-state index in [1.165, 1.54) is 0 Å². The molecule has 0 aliphatic carbocycles. The molecule has 7 nitrogen and oxygen atoms in total. The normalized spacial score (nSPS) is 10.9. The number of hydrogen-bond donors (Lipinski definition) is 1. The molecule has 0 spiro atoms. The van der Waals surface area contributed by atoms with E-state index in [1.807, 2.05) is 24.7 Å². The number of hydrogen-bond acceptors (Lipinski definition) is 5. The van der Waals surface area contributed by atoms with E-state index >= 15 is 0 Å². The van der Waals surface area contributed by atoms with Gasteiger partial charge in [0.1, 0.15) is 11.6 Å². The average molecular weight is 291 g/mol. The summed E-state index contributed by atoms with van der Waals surface area (Å²) in [6, 6.07) is 0. The van der Waals surface area contributed by atoms with E-state index in [0.717, 1.165) is 17.7 Å². The molecule has 0 bridgehead atoms. The molecule has 7 heteroatoms. The number of aryl methyl sites for hydroxylation is 3. The van der Waals surface area contributed by atoms with Gasteiger partial charge in [0.25, 0.3) is 0 Å². The van der Waals surface area contributed by atoms with Crippen LogP contribution in [-0.4, -0.2) is 31.9 Å². The largest absolute Gasteiger partial charge is 0.461 e. The van der Waals surface area contributed by atoms with Crippen molar-refractivity contribution in [1.82, 2.24) is 19.3 Å². The molecule has 0 atom stereocenters. The zero-order valence-electron chi connectivity index (χ0n) is 12.9. The van der Waals surface area contributed by atoms with Gasteiger partial charge in [-0.1, -0.05) is 6.92 Å². The van der Waals surface area contributed by atoms with Gasteiger partial charge in [0.05, 0.1) is 18.8 Å². The minimum Gasteiger partial charge on any atom is -0.461 e. The lowest BCUT2D eigenvalue weighted by molar-refractivity contribution is 0.0521. The third-order valence-electron chi connectivity index (χ3n) is 3.32. The average Bonchev–Trinajstić information content (AvgIpc) is 2.93. The molecule has 2 aromatic rings. The number of ether oxygens (including phenoxy) is 1. The van der Waals surface area contributed by atoms with Gasteiger partial charge in [-0.3, -0.25) is 4.68 Å². The van der Waals surface area contributed by atoms with Crippen molar-refractivity contribution >= 4 is 11.8 Å². The minimum absolute atomic E-state index is 0.177. The molecule has 0 fully saturated rings. The first-order valence-corrected chi connectivity index (χ1v) is 6.99. The second kappa shape index (κ2) is 5.99. The van der Waals surface area contributed by atoms with Crippen LogP contribution in [0.2, 0.25) is 0 Å². The molecule has 0 radical (unpaired) electrons. The fourth-order valence-electron chi connectivity index (χ4n) is 2.31. The molecule has 0 saturated carbocycles. The third kappa shape index (κ3) is 2.91. The molecule has 0 saturated heterocycles. The number of anilines is 1. The standard InChI is InChI=1S/C14H21N5O2/c1-5-11-10(7-18(4)17-11)8-19-9(3)16-12(13(19)15)14(20)21-6-2/h7H,5-6,8,15H2,1-4H3. The number of imidazole rings is 1. The van der Waals surface area contributed by atoms with Crippen molar-refractivity contribution < 1.29 is 9.53 Å². The molecule has 0 aliphatic rings. The smallest absolute Gasteiger partial charge is 0.360 e. The van der Waals surface area contributed by atoms with Crippen molar-refractivity contribution in [3.8, 4) is 0 Å². The highest BCUT2D eigenvalue weighted by molar-refractivity contribution is 5.92. The first kappa shape index (κ1) is 15.1. The Morgan fingerprint density at radius 2 is 2.14 bits per heavy atom. The molecule has 2 rings (SSSR count). The van der Waals surface area contributed by atoms with Crippen LogP contribution in [0.4, 0.5) is 5.82 Å². The van der Waals surface area contributed by atoms with Gasteiger partial charge in [-0.25, -0.2) is 9.78 Å². The molecule has 2 aromatic heterocycles. The van der Waals surface area contributed by atoms with E-state index in [2.05, 4.69) is 17.0 Å². The highest BCUT2D eigenvalue weighted by Gasteiger charge is 2.20. The van der Waals surface area contributed by atoms with Crippen LogP contribution in [0.15, 0.2) is 6.20 Å². The fourth-order valence-corrected chi connectivity index (χ4v) is 2.31. The molecular formula is C14H21N5O2. The summed E-state index contributed by atoms with van der Waals surface area (Å²) in [5.74, 6) is 0.525. The lowest BCUT2D eigenvalue weighted by Gasteiger charge is -2.07. The summed E-state index contributed by atoms with van der Waals surface area (Å²) < 4.78 is 8.55. The van der Waals surface area contributed by atoms with Crippen molar-refractivity contribution in [1.29, 1.82) is 0 Å². The van der Waals surface area contributed by atoms with Crippen LogP contribution in [0, 0.1) is 6.92 Å². The lowest BCUT2D eigenvalue weighted by Crippen LogP contribution is -2.11. The minimum atomic E-state index is -0.487. The second-order valence-corrected chi connectivity index (χ2v) is 4.83. The maximum Gasteiger partial charge on any atom is 0.360 e. The van der Waals surface area contributed by atoms with Gasteiger partial charge in [0, 0.05) is 18.8 Å². The number of rotatable bonds is 5. The Bertz CT molecular complexity index is 657. The van der Waals surface area contributed by atoms with Crippen molar-refractivity contribution in [2.45, 2.75) is 33.7 Å². The van der Waals surface area contributed by atoms with E-state index in [-0.39, 0.29) is 5.69 Å². The highest BCUT2D eigenvalue weighted by atomic mass is 16.5. The van der Waals surface area contributed by atoms with Crippen LogP contribution in [0.3, 0.4) is 0 Å². The van der Waals surface area contributed by atoms with Crippen LogP contribution in [0.25, 0.3) is 0 Å². The summed E-state index contributed by atoms with van der Waals surface area (Å²) in [6.45, 7) is 6.47. The van der Waals surface area contributed by atoms with Gasteiger partial charge >= 0.3 is 5.97 Å². The van der Waals surface area contributed by atoms with Crippen LogP contribution in [0.1, 0.15) is 41.4 Å². The summed E-state index contributed by atoms with van der Waals surface area (Å²) in [4.78, 5) is 16.0. The topological polar surface area (TPSA) is 88.0 Å². The fraction of sp³-hybridized carbons (Fsp3) is 0.500. The monoisotopic (exact) mass is 291 g/mol. The Balaban J connectivity index is 2.34.